The molecule has 9 heteroatoms. The van der Waals surface area contributed by atoms with E-state index in [0.717, 1.165) is 16.9 Å². The Morgan fingerprint density at radius 2 is 1.93 bits per heavy atom. The molecule has 4 rings (SSSR count). The Bertz CT molecular complexity index is 1150. The van der Waals surface area contributed by atoms with Crippen molar-refractivity contribution in [3.05, 3.63) is 76.9 Å². The molecular weight excluding hydrogens is 431 g/mol. The molecule has 0 saturated heterocycles. The zero-order valence-electron chi connectivity index (χ0n) is 15.1. The monoisotopic (exact) mass is 448 g/mol. The number of halogens is 1. The van der Waals surface area contributed by atoms with E-state index in [9.17, 15) is 17.6 Å². The second-order valence-electron chi connectivity index (χ2n) is 6.44. The number of benzene rings is 2. The summed E-state index contributed by atoms with van der Waals surface area (Å²) in [6.07, 6.45) is 0.692. The van der Waals surface area contributed by atoms with Gasteiger partial charge in [0, 0.05) is 21.9 Å². The Kier molecular flexibility index (Phi) is 5.62. The third-order valence-electron chi connectivity index (χ3n) is 4.47. The maximum Gasteiger partial charge on any atom is 0.271 e. The van der Waals surface area contributed by atoms with Crippen LogP contribution in [0.5, 0.6) is 0 Å². The van der Waals surface area contributed by atoms with E-state index >= 15 is 0 Å². The van der Waals surface area contributed by atoms with Crippen LogP contribution >= 0.6 is 23.1 Å². The van der Waals surface area contributed by atoms with E-state index in [1.165, 1.54) is 30.0 Å². The molecule has 3 aromatic rings. The highest BCUT2D eigenvalue weighted by molar-refractivity contribution is 7.99. The normalized spacial score (nSPS) is 16.1. The Morgan fingerprint density at radius 1 is 1.10 bits per heavy atom. The van der Waals surface area contributed by atoms with E-state index in [1.807, 2.05) is 6.07 Å². The third-order valence-corrected chi connectivity index (χ3v) is 8.41. The number of amides is 1. The van der Waals surface area contributed by atoms with Crippen molar-refractivity contribution in [2.75, 3.05) is 10.5 Å². The summed E-state index contributed by atoms with van der Waals surface area (Å²) in [4.78, 5) is 13.3. The van der Waals surface area contributed by atoms with Gasteiger partial charge in [-0.2, -0.15) is 0 Å². The largest absolute Gasteiger partial charge is 0.345 e. The summed E-state index contributed by atoms with van der Waals surface area (Å²) in [5.74, 6) is 0.0882. The molecule has 1 aromatic heterocycles. The Labute approximate surface area is 176 Å². The van der Waals surface area contributed by atoms with E-state index in [2.05, 4.69) is 10.0 Å². The van der Waals surface area contributed by atoms with E-state index in [0.29, 0.717) is 28.3 Å². The molecule has 0 bridgehead atoms. The first-order valence-electron chi connectivity index (χ1n) is 8.82. The molecule has 0 spiro atoms. The number of hydrogen-bond acceptors (Lipinski definition) is 5. The van der Waals surface area contributed by atoms with Gasteiger partial charge in [0.05, 0.1) is 6.04 Å². The maximum atomic E-state index is 14.0. The summed E-state index contributed by atoms with van der Waals surface area (Å²) in [6, 6.07) is 14.1. The van der Waals surface area contributed by atoms with E-state index < -0.39 is 10.0 Å². The number of sulfonamides is 1. The number of anilines is 1. The predicted octanol–water partition coefficient (Wildman–Crippen LogP) is 4.65. The molecular formula is C20H17FN2O3S3. The number of hydrogen-bond donors (Lipinski definition) is 2. The molecule has 1 aliphatic rings. The molecule has 1 aliphatic heterocycles. The van der Waals surface area contributed by atoms with Crippen LogP contribution in [-0.4, -0.2) is 20.1 Å². The van der Waals surface area contributed by atoms with Gasteiger partial charge in [-0.3, -0.25) is 9.52 Å². The van der Waals surface area contributed by atoms with Crippen LogP contribution in [0.2, 0.25) is 0 Å². The van der Waals surface area contributed by atoms with Crippen molar-refractivity contribution in [1.29, 1.82) is 0 Å². The van der Waals surface area contributed by atoms with Gasteiger partial charge in [0.1, 0.15) is 10.0 Å². The minimum atomic E-state index is -3.69. The lowest BCUT2D eigenvalue weighted by Crippen LogP contribution is -2.31. The number of nitrogens with one attached hydrogen (secondary N) is 2. The molecule has 0 saturated carbocycles. The number of thioether (sulfide) groups is 1. The first-order valence-corrected chi connectivity index (χ1v) is 12.2. The van der Waals surface area contributed by atoms with Crippen LogP contribution in [-0.2, 0) is 10.0 Å². The van der Waals surface area contributed by atoms with Gasteiger partial charge in [0.15, 0.2) is 0 Å². The quantitative estimate of drug-likeness (QED) is 0.596. The summed E-state index contributed by atoms with van der Waals surface area (Å²) in [5.41, 5.74) is 1.40. The summed E-state index contributed by atoms with van der Waals surface area (Å²) in [5, 5.41) is 4.62. The highest BCUT2D eigenvalue weighted by Crippen LogP contribution is 2.37. The zero-order valence-corrected chi connectivity index (χ0v) is 17.5. The van der Waals surface area contributed by atoms with Crippen molar-refractivity contribution in [1.82, 2.24) is 5.32 Å². The molecule has 0 aliphatic carbocycles. The zero-order chi connectivity index (χ0) is 20.4. The van der Waals surface area contributed by atoms with Crippen molar-refractivity contribution in [2.24, 2.45) is 0 Å². The molecule has 0 unspecified atom stereocenters. The number of carbonyl (C=O) groups is 1. The summed E-state index contributed by atoms with van der Waals surface area (Å²) < 4.78 is 41.5. The Hall–Kier alpha value is -2.36. The molecule has 150 valence electrons. The van der Waals surface area contributed by atoms with Gasteiger partial charge < -0.3 is 5.32 Å². The van der Waals surface area contributed by atoms with Gasteiger partial charge >= 0.3 is 0 Å². The highest BCUT2D eigenvalue weighted by atomic mass is 32.2. The maximum absolute atomic E-state index is 14.0. The van der Waals surface area contributed by atoms with E-state index in [4.69, 9.17) is 0 Å². The number of thiophene rings is 1. The van der Waals surface area contributed by atoms with Gasteiger partial charge in [-0.25, -0.2) is 12.8 Å². The molecule has 29 heavy (non-hydrogen) atoms. The first-order chi connectivity index (χ1) is 13.9. The van der Waals surface area contributed by atoms with Crippen molar-refractivity contribution in [3.63, 3.8) is 0 Å². The van der Waals surface area contributed by atoms with Crippen molar-refractivity contribution in [2.45, 2.75) is 21.6 Å². The molecule has 2 heterocycles. The van der Waals surface area contributed by atoms with Crippen molar-refractivity contribution < 1.29 is 17.6 Å². The molecule has 0 fully saturated rings. The van der Waals surface area contributed by atoms with Crippen LogP contribution in [0.1, 0.15) is 28.4 Å². The lowest BCUT2D eigenvalue weighted by molar-refractivity contribution is 0.0934. The molecule has 1 amide bonds. The first kappa shape index (κ1) is 19.9. The van der Waals surface area contributed by atoms with Gasteiger partial charge in [0.2, 0.25) is 0 Å². The summed E-state index contributed by atoms with van der Waals surface area (Å²) in [7, 11) is -3.69. The fourth-order valence-electron chi connectivity index (χ4n) is 3.12. The fourth-order valence-corrected chi connectivity index (χ4v) is 6.31. The van der Waals surface area contributed by atoms with E-state index in [-0.39, 0.29) is 22.0 Å². The lowest BCUT2D eigenvalue weighted by Gasteiger charge is -2.26. The summed E-state index contributed by atoms with van der Waals surface area (Å²) in [6.45, 7) is 0. The topological polar surface area (TPSA) is 75.3 Å². The molecule has 5 nitrogen and oxygen atoms in total. The minimum absolute atomic E-state index is 0.200. The molecule has 2 aromatic carbocycles. The minimum Gasteiger partial charge on any atom is -0.345 e. The second kappa shape index (κ2) is 8.17. The molecule has 0 radical (unpaired) electrons. The van der Waals surface area contributed by atoms with Crippen LogP contribution < -0.4 is 10.0 Å². The van der Waals surface area contributed by atoms with Crippen LogP contribution in [0.3, 0.4) is 0 Å². The number of carbonyl (C=O) groups excluding carboxylic acids is 1. The predicted molar refractivity (Wildman–Crippen MR) is 114 cm³/mol. The van der Waals surface area contributed by atoms with Gasteiger partial charge in [-0.1, -0.05) is 24.3 Å². The third kappa shape index (κ3) is 4.31. The van der Waals surface area contributed by atoms with Gasteiger partial charge in [0.25, 0.3) is 15.9 Å². The van der Waals surface area contributed by atoms with Crippen LogP contribution in [0.25, 0.3) is 0 Å². The Balaban J connectivity index is 1.52. The summed E-state index contributed by atoms with van der Waals surface area (Å²) >= 11 is 2.56. The highest BCUT2D eigenvalue weighted by Gasteiger charge is 2.25. The van der Waals surface area contributed by atoms with Crippen molar-refractivity contribution >= 4 is 44.7 Å². The van der Waals surface area contributed by atoms with Crippen molar-refractivity contribution in [3.8, 4) is 0 Å². The van der Waals surface area contributed by atoms with Crippen LogP contribution in [0.4, 0.5) is 10.1 Å². The van der Waals surface area contributed by atoms with Crippen LogP contribution in [0, 0.1) is 5.82 Å². The number of rotatable bonds is 5. The average molecular weight is 449 g/mol. The molecule has 2 N–H and O–H groups in total. The van der Waals surface area contributed by atoms with Gasteiger partial charge in [-0.15, -0.1) is 23.1 Å². The van der Waals surface area contributed by atoms with Gasteiger partial charge in [-0.05, 0) is 47.7 Å². The van der Waals surface area contributed by atoms with Crippen LogP contribution in [0.15, 0.2) is 69.1 Å². The SMILES string of the molecule is O=C(N[C@H]1CCSc2c(F)cccc21)c1cccc(NS(=O)(=O)c2cccs2)c1. The fraction of sp³-hybridized carbons (Fsp3) is 0.150. The standard InChI is InChI=1S/C20H17FN2O3S3/c21-16-7-2-6-15-17(9-11-28-19(15)16)22-20(24)13-4-1-5-14(12-13)23-29(25,26)18-8-3-10-27-18/h1-8,10,12,17,23H,9,11H2,(H,22,24)/t17-/m0/s1. The average Bonchev–Trinajstić information content (AvgIpc) is 3.25. The number of fused-ring (bicyclic) bond motifs is 1. The van der Waals surface area contributed by atoms with E-state index in [1.54, 1.807) is 35.7 Å². The molecule has 1 atom stereocenters. The smallest absolute Gasteiger partial charge is 0.271 e. The Morgan fingerprint density at radius 3 is 2.72 bits per heavy atom. The second-order valence-corrected chi connectivity index (χ2v) is 10.4. The lowest BCUT2D eigenvalue weighted by atomic mass is 10.0.